The Morgan fingerprint density at radius 1 is 1.14 bits per heavy atom. The summed E-state index contributed by atoms with van der Waals surface area (Å²) in [5, 5.41) is 9.69. The molecule has 0 spiro atoms. The Morgan fingerprint density at radius 3 is 2.79 bits per heavy atom. The Balaban J connectivity index is 1.54. The van der Waals surface area contributed by atoms with Crippen LogP contribution < -0.4 is 10.1 Å². The van der Waals surface area contributed by atoms with Crippen molar-refractivity contribution in [3.05, 3.63) is 65.9 Å². The maximum absolute atomic E-state index is 12.7. The van der Waals surface area contributed by atoms with E-state index in [4.69, 9.17) is 4.74 Å². The molecule has 0 fully saturated rings. The zero-order chi connectivity index (χ0) is 19.5. The van der Waals surface area contributed by atoms with Gasteiger partial charge in [0.2, 0.25) is 0 Å². The van der Waals surface area contributed by atoms with Crippen molar-refractivity contribution in [1.29, 1.82) is 0 Å². The van der Waals surface area contributed by atoms with Crippen molar-refractivity contribution in [3.63, 3.8) is 0 Å². The highest BCUT2D eigenvalue weighted by Crippen LogP contribution is 2.26. The van der Waals surface area contributed by atoms with Crippen molar-refractivity contribution < 1.29 is 9.53 Å². The van der Waals surface area contributed by atoms with Crippen LogP contribution in [0.1, 0.15) is 10.5 Å². The molecular formula is C20H17N5O2S. The van der Waals surface area contributed by atoms with E-state index in [1.807, 2.05) is 41.8 Å². The molecule has 1 N–H and O–H groups in total. The SMILES string of the molecule is COc1cccc(-c2cc(C(=O)Nc3nc(-c4cccnc4)cs3)n(C)n2)c1. The van der Waals surface area contributed by atoms with Gasteiger partial charge in [-0.05, 0) is 30.3 Å². The van der Waals surface area contributed by atoms with E-state index in [9.17, 15) is 4.79 Å². The summed E-state index contributed by atoms with van der Waals surface area (Å²) in [5.74, 6) is 0.469. The number of rotatable bonds is 5. The Morgan fingerprint density at radius 2 is 2.00 bits per heavy atom. The van der Waals surface area contributed by atoms with Crippen molar-refractivity contribution >= 4 is 22.4 Å². The van der Waals surface area contributed by atoms with Crippen molar-refractivity contribution in [2.24, 2.45) is 7.05 Å². The first kappa shape index (κ1) is 17.9. The number of aromatic nitrogens is 4. The lowest BCUT2D eigenvalue weighted by Gasteiger charge is -2.01. The number of carbonyl (C=O) groups excluding carboxylic acids is 1. The van der Waals surface area contributed by atoms with Crippen LogP contribution in [0.2, 0.25) is 0 Å². The zero-order valence-corrected chi connectivity index (χ0v) is 16.1. The molecule has 0 saturated carbocycles. The summed E-state index contributed by atoms with van der Waals surface area (Å²) >= 11 is 1.36. The number of nitrogens with one attached hydrogen (secondary N) is 1. The highest BCUT2D eigenvalue weighted by molar-refractivity contribution is 7.14. The van der Waals surface area contributed by atoms with Crippen LogP contribution in [-0.4, -0.2) is 32.8 Å². The van der Waals surface area contributed by atoms with Gasteiger partial charge in [0.15, 0.2) is 5.13 Å². The third-order valence-corrected chi connectivity index (χ3v) is 4.92. The second-order valence-electron chi connectivity index (χ2n) is 6.00. The molecule has 0 aliphatic carbocycles. The Bertz CT molecular complexity index is 1120. The smallest absolute Gasteiger partial charge is 0.275 e. The number of pyridine rings is 1. The van der Waals surface area contributed by atoms with Crippen molar-refractivity contribution in [3.8, 4) is 28.3 Å². The maximum Gasteiger partial charge on any atom is 0.275 e. The average molecular weight is 391 g/mol. The van der Waals surface area contributed by atoms with Crippen LogP contribution in [0.3, 0.4) is 0 Å². The van der Waals surface area contributed by atoms with Crippen LogP contribution >= 0.6 is 11.3 Å². The molecule has 0 saturated heterocycles. The molecule has 0 aliphatic heterocycles. The minimum atomic E-state index is -0.267. The van der Waals surface area contributed by atoms with Gasteiger partial charge < -0.3 is 4.74 Å². The van der Waals surface area contributed by atoms with E-state index in [-0.39, 0.29) is 5.91 Å². The molecule has 0 aliphatic rings. The van der Waals surface area contributed by atoms with Gasteiger partial charge in [-0.2, -0.15) is 5.10 Å². The molecule has 1 amide bonds. The summed E-state index contributed by atoms with van der Waals surface area (Å²) in [6.07, 6.45) is 3.45. The number of benzene rings is 1. The first-order valence-corrected chi connectivity index (χ1v) is 9.38. The summed E-state index contributed by atoms with van der Waals surface area (Å²) in [6.45, 7) is 0. The molecule has 7 nitrogen and oxygen atoms in total. The average Bonchev–Trinajstić information content (AvgIpc) is 3.35. The van der Waals surface area contributed by atoms with Crippen LogP contribution in [0, 0.1) is 0 Å². The summed E-state index contributed by atoms with van der Waals surface area (Å²) < 4.78 is 6.81. The summed E-state index contributed by atoms with van der Waals surface area (Å²) in [5.41, 5.74) is 3.69. The van der Waals surface area contributed by atoms with Crippen molar-refractivity contribution in [2.75, 3.05) is 12.4 Å². The normalized spacial score (nSPS) is 10.6. The molecule has 3 aromatic heterocycles. The van der Waals surface area contributed by atoms with E-state index in [0.717, 1.165) is 22.6 Å². The molecule has 0 radical (unpaired) electrons. The molecule has 4 aromatic rings. The zero-order valence-electron chi connectivity index (χ0n) is 15.3. The van der Waals surface area contributed by atoms with E-state index in [1.54, 1.807) is 37.3 Å². The third kappa shape index (κ3) is 3.63. The molecular weight excluding hydrogens is 374 g/mol. The number of hydrogen-bond acceptors (Lipinski definition) is 6. The molecule has 140 valence electrons. The van der Waals surface area contributed by atoms with Crippen molar-refractivity contribution in [1.82, 2.24) is 19.7 Å². The van der Waals surface area contributed by atoms with Gasteiger partial charge in [-0.1, -0.05) is 12.1 Å². The van der Waals surface area contributed by atoms with Crippen molar-refractivity contribution in [2.45, 2.75) is 0 Å². The molecule has 0 bridgehead atoms. The predicted molar refractivity (Wildman–Crippen MR) is 108 cm³/mol. The fraction of sp³-hybridized carbons (Fsp3) is 0.100. The van der Waals surface area contributed by atoms with Gasteiger partial charge in [-0.25, -0.2) is 4.98 Å². The highest BCUT2D eigenvalue weighted by Gasteiger charge is 2.16. The molecule has 1 aromatic carbocycles. The van der Waals surface area contributed by atoms with E-state index < -0.39 is 0 Å². The number of methoxy groups -OCH3 is 1. The number of ether oxygens (including phenoxy) is 1. The predicted octanol–water partition coefficient (Wildman–Crippen LogP) is 3.87. The monoisotopic (exact) mass is 391 g/mol. The van der Waals surface area contributed by atoms with Crippen LogP contribution in [0.4, 0.5) is 5.13 Å². The Kier molecular flexibility index (Phi) is 4.86. The molecule has 8 heteroatoms. The van der Waals surface area contributed by atoms with Gasteiger partial charge in [0.25, 0.3) is 5.91 Å². The Hall–Kier alpha value is -3.52. The number of thiazole rings is 1. The molecule has 0 atom stereocenters. The second-order valence-corrected chi connectivity index (χ2v) is 6.86. The number of nitrogens with zero attached hydrogens (tertiary/aromatic N) is 4. The van der Waals surface area contributed by atoms with Gasteiger partial charge in [0, 0.05) is 35.9 Å². The topological polar surface area (TPSA) is 81.9 Å². The number of hydrogen-bond donors (Lipinski definition) is 1. The van der Waals surface area contributed by atoms with E-state index in [0.29, 0.717) is 16.5 Å². The number of anilines is 1. The van der Waals surface area contributed by atoms with Crippen LogP contribution in [0.5, 0.6) is 5.75 Å². The van der Waals surface area contributed by atoms with Gasteiger partial charge in [-0.15, -0.1) is 11.3 Å². The highest BCUT2D eigenvalue weighted by atomic mass is 32.1. The fourth-order valence-corrected chi connectivity index (χ4v) is 3.46. The largest absolute Gasteiger partial charge is 0.497 e. The second kappa shape index (κ2) is 7.61. The summed E-state index contributed by atoms with van der Waals surface area (Å²) in [7, 11) is 3.35. The quantitative estimate of drug-likeness (QED) is 0.558. The van der Waals surface area contributed by atoms with Gasteiger partial charge in [-0.3, -0.25) is 19.8 Å². The minimum absolute atomic E-state index is 0.267. The Labute approximate surface area is 165 Å². The molecule has 0 unspecified atom stereocenters. The number of amides is 1. The van der Waals surface area contributed by atoms with Crippen LogP contribution in [-0.2, 0) is 7.05 Å². The fourth-order valence-electron chi connectivity index (χ4n) is 2.74. The first-order chi connectivity index (χ1) is 13.6. The number of aryl methyl sites for hydroxylation is 1. The lowest BCUT2D eigenvalue weighted by Crippen LogP contribution is -2.15. The molecule has 28 heavy (non-hydrogen) atoms. The maximum atomic E-state index is 12.7. The van der Waals surface area contributed by atoms with E-state index >= 15 is 0 Å². The van der Waals surface area contributed by atoms with E-state index in [2.05, 4.69) is 20.4 Å². The van der Waals surface area contributed by atoms with E-state index in [1.165, 1.54) is 11.3 Å². The summed E-state index contributed by atoms with van der Waals surface area (Å²) in [4.78, 5) is 21.3. The lowest BCUT2D eigenvalue weighted by atomic mass is 10.1. The standard InChI is InChI=1S/C20H17N5O2S/c1-25-18(10-16(24-25)13-5-3-7-15(9-13)27-2)19(26)23-20-22-17(12-28-20)14-6-4-8-21-11-14/h3-12H,1-2H3,(H,22,23,26). The lowest BCUT2D eigenvalue weighted by molar-refractivity contribution is 0.101. The van der Waals surface area contributed by atoms with Crippen LogP contribution in [0.15, 0.2) is 60.2 Å². The minimum Gasteiger partial charge on any atom is -0.497 e. The third-order valence-electron chi connectivity index (χ3n) is 4.16. The van der Waals surface area contributed by atoms with Crippen LogP contribution in [0.25, 0.3) is 22.5 Å². The molecule has 4 rings (SSSR count). The van der Waals surface area contributed by atoms with Gasteiger partial charge >= 0.3 is 0 Å². The summed E-state index contributed by atoms with van der Waals surface area (Å²) in [6, 6.07) is 13.1. The van der Waals surface area contributed by atoms with Gasteiger partial charge in [0.1, 0.15) is 11.4 Å². The first-order valence-electron chi connectivity index (χ1n) is 8.50. The van der Waals surface area contributed by atoms with Gasteiger partial charge in [0.05, 0.1) is 18.5 Å². The number of carbonyl (C=O) groups is 1. The molecule has 3 heterocycles.